The molecule has 2 aromatic carbocycles. The van der Waals surface area contributed by atoms with Gasteiger partial charge in [0, 0.05) is 6.42 Å². The van der Waals surface area contributed by atoms with Crippen LogP contribution in [0.5, 0.6) is 0 Å². The minimum absolute atomic E-state index is 0.142. The molecule has 0 saturated heterocycles. The third kappa shape index (κ3) is 3.00. The average Bonchev–Trinajstić information content (AvgIpc) is 2.94. The number of benzene rings is 2. The summed E-state index contributed by atoms with van der Waals surface area (Å²) in [6, 6.07) is 15.0. The van der Waals surface area contributed by atoms with Crippen LogP contribution in [0.3, 0.4) is 0 Å². The summed E-state index contributed by atoms with van der Waals surface area (Å²) in [5.74, 6) is -0.774. The number of imidazole rings is 1. The van der Waals surface area contributed by atoms with Gasteiger partial charge < -0.3 is 14.7 Å². The first-order valence-corrected chi connectivity index (χ1v) is 9.07. The maximum atomic E-state index is 10.8. The van der Waals surface area contributed by atoms with Gasteiger partial charge in [-0.25, -0.2) is 0 Å². The summed E-state index contributed by atoms with van der Waals surface area (Å²) >= 11 is 5.63. The molecule has 3 aromatic rings. The first-order valence-electron chi connectivity index (χ1n) is 8.66. The average molecular weight is 352 g/mol. The van der Waals surface area contributed by atoms with E-state index in [2.05, 4.69) is 39.9 Å². The number of aryl methyl sites for hydroxylation is 2. The Labute approximate surface area is 151 Å². The molecule has 1 aromatic heterocycles. The number of H-pyrrole nitrogens is 1. The van der Waals surface area contributed by atoms with Gasteiger partial charge in [-0.3, -0.25) is 4.79 Å². The van der Waals surface area contributed by atoms with Crippen LogP contribution in [-0.2, 0) is 17.6 Å². The molecule has 1 heterocycles. The summed E-state index contributed by atoms with van der Waals surface area (Å²) in [6.45, 7) is 0. The van der Waals surface area contributed by atoms with E-state index in [-0.39, 0.29) is 12.5 Å². The number of hydrogen-bond acceptors (Lipinski definition) is 2. The lowest BCUT2D eigenvalue weighted by molar-refractivity contribution is -0.136. The van der Waals surface area contributed by atoms with Crippen LogP contribution in [0.4, 0.5) is 0 Å². The Bertz CT molecular complexity index is 1000. The van der Waals surface area contributed by atoms with Crippen molar-refractivity contribution in [2.45, 2.75) is 38.1 Å². The summed E-state index contributed by atoms with van der Waals surface area (Å²) in [7, 11) is 0. The van der Waals surface area contributed by atoms with Crippen LogP contribution >= 0.6 is 12.2 Å². The van der Waals surface area contributed by atoms with Crippen LogP contribution in [0, 0.1) is 4.77 Å². The molecule has 0 amide bonds. The van der Waals surface area contributed by atoms with Crippen molar-refractivity contribution in [3.8, 4) is 0 Å². The van der Waals surface area contributed by atoms with E-state index in [0.717, 1.165) is 40.6 Å². The summed E-state index contributed by atoms with van der Waals surface area (Å²) in [5, 5.41) is 8.87. The third-order valence-electron chi connectivity index (χ3n) is 5.06. The second-order valence-electron chi connectivity index (χ2n) is 6.65. The number of aromatic amines is 1. The van der Waals surface area contributed by atoms with Crippen LogP contribution in [0.1, 0.15) is 42.0 Å². The van der Waals surface area contributed by atoms with Crippen molar-refractivity contribution in [2.75, 3.05) is 0 Å². The molecule has 1 aliphatic rings. The number of nitrogens with zero attached hydrogens (tertiary/aromatic N) is 1. The number of carbonyl (C=O) groups is 1. The Morgan fingerprint density at radius 3 is 2.96 bits per heavy atom. The van der Waals surface area contributed by atoms with Gasteiger partial charge in [0.1, 0.15) is 0 Å². The molecule has 0 saturated carbocycles. The molecule has 5 heteroatoms. The zero-order valence-electron chi connectivity index (χ0n) is 13.9. The molecule has 2 N–H and O–H groups in total. The second-order valence-corrected chi connectivity index (χ2v) is 7.04. The van der Waals surface area contributed by atoms with Gasteiger partial charge in [-0.1, -0.05) is 30.3 Å². The van der Waals surface area contributed by atoms with Gasteiger partial charge in [0.25, 0.3) is 0 Å². The largest absolute Gasteiger partial charge is 0.481 e. The molecular formula is C20H20N2O2S. The van der Waals surface area contributed by atoms with Gasteiger partial charge in [0.2, 0.25) is 0 Å². The minimum atomic E-state index is -0.774. The summed E-state index contributed by atoms with van der Waals surface area (Å²) in [6.07, 6.45) is 4.04. The highest BCUT2D eigenvalue weighted by molar-refractivity contribution is 7.71. The fourth-order valence-electron chi connectivity index (χ4n) is 3.89. The predicted molar refractivity (Wildman–Crippen MR) is 101 cm³/mol. The van der Waals surface area contributed by atoms with Gasteiger partial charge >= 0.3 is 5.97 Å². The van der Waals surface area contributed by atoms with Crippen LogP contribution in [0.25, 0.3) is 11.0 Å². The monoisotopic (exact) mass is 352 g/mol. The quantitative estimate of drug-likeness (QED) is 0.673. The lowest BCUT2D eigenvalue weighted by Crippen LogP contribution is -2.17. The Morgan fingerprint density at radius 1 is 1.28 bits per heavy atom. The zero-order chi connectivity index (χ0) is 17.4. The lowest BCUT2D eigenvalue weighted by Gasteiger charge is -2.27. The van der Waals surface area contributed by atoms with E-state index >= 15 is 0 Å². The standard InChI is InChI=1S/C20H20N2O2S/c23-19(24)11-9-13-8-10-18-16(12-13)21-20(25)22(18)17-7-3-5-14-4-1-2-6-15(14)17/h1-2,4,6,8,10,12,17H,3,5,7,9,11H2,(H,21,25)(H,23,24). The first-order chi connectivity index (χ1) is 12.1. The number of fused-ring (bicyclic) bond motifs is 2. The highest BCUT2D eigenvalue weighted by Gasteiger charge is 2.23. The van der Waals surface area contributed by atoms with Crippen LogP contribution in [0.2, 0.25) is 0 Å². The molecule has 0 bridgehead atoms. The predicted octanol–water partition coefficient (Wildman–Crippen LogP) is 4.64. The van der Waals surface area contributed by atoms with Crippen LogP contribution in [-0.4, -0.2) is 20.6 Å². The number of carboxylic acid groups (broad SMARTS) is 1. The van der Waals surface area contributed by atoms with Crippen molar-refractivity contribution in [3.05, 3.63) is 63.9 Å². The van der Waals surface area contributed by atoms with Crippen LogP contribution < -0.4 is 0 Å². The summed E-state index contributed by atoms with van der Waals surface area (Å²) in [4.78, 5) is 14.1. The second kappa shape index (κ2) is 6.48. The number of aliphatic carboxylic acids is 1. The molecular weight excluding hydrogens is 332 g/mol. The van der Waals surface area contributed by atoms with E-state index in [1.54, 1.807) is 0 Å². The fourth-order valence-corrected chi connectivity index (χ4v) is 4.23. The van der Waals surface area contributed by atoms with E-state index in [4.69, 9.17) is 17.3 Å². The van der Waals surface area contributed by atoms with Crippen molar-refractivity contribution in [1.82, 2.24) is 9.55 Å². The van der Waals surface area contributed by atoms with Gasteiger partial charge in [0.15, 0.2) is 4.77 Å². The van der Waals surface area contributed by atoms with E-state index in [1.807, 2.05) is 12.1 Å². The van der Waals surface area contributed by atoms with Crippen molar-refractivity contribution in [3.63, 3.8) is 0 Å². The van der Waals surface area contributed by atoms with Gasteiger partial charge in [-0.05, 0) is 66.7 Å². The molecule has 1 unspecified atom stereocenters. The Hall–Kier alpha value is -2.40. The lowest BCUT2D eigenvalue weighted by atomic mass is 9.87. The Morgan fingerprint density at radius 2 is 2.12 bits per heavy atom. The molecule has 0 fully saturated rings. The molecule has 0 spiro atoms. The number of rotatable bonds is 4. The number of hydrogen-bond donors (Lipinski definition) is 2. The first kappa shape index (κ1) is 16.1. The molecule has 1 aliphatic carbocycles. The minimum Gasteiger partial charge on any atom is -0.481 e. The smallest absolute Gasteiger partial charge is 0.303 e. The molecule has 4 nitrogen and oxygen atoms in total. The topological polar surface area (TPSA) is 58.0 Å². The van der Waals surface area contributed by atoms with Gasteiger partial charge in [-0.2, -0.15) is 0 Å². The van der Waals surface area contributed by atoms with Gasteiger partial charge in [0.05, 0.1) is 17.1 Å². The van der Waals surface area contributed by atoms with E-state index in [1.165, 1.54) is 11.1 Å². The number of nitrogens with one attached hydrogen (secondary N) is 1. The van der Waals surface area contributed by atoms with Crippen molar-refractivity contribution >= 4 is 29.2 Å². The molecule has 25 heavy (non-hydrogen) atoms. The zero-order valence-corrected chi connectivity index (χ0v) is 14.7. The Balaban J connectivity index is 1.77. The molecule has 0 aliphatic heterocycles. The van der Waals surface area contributed by atoms with E-state index in [0.29, 0.717) is 6.42 Å². The highest BCUT2D eigenvalue weighted by atomic mass is 32.1. The van der Waals surface area contributed by atoms with Crippen molar-refractivity contribution in [2.24, 2.45) is 0 Å². The fraction of sp³-hybridized carbons (Fsp3) is 0.300. The Kier molecular flexibility index (Phi) is 4.17. The van der Waals surface area contributed by atoms with Crippen molar-refractivity contribution in [1.29, 1.82) is 0 Å². The van der Waals surface area contributed by atoms with E-state index < -0.39 is 5.97 Å². The molecule has 128 valence electrons. The molecule has 4 rings (SSSR count). The van der Waals surface area contributed by atoms with Gasteiger partial charge in [-0.15, -0.1) is 0 Å². The van der Waals surface area contributed by atoms with Crippen molar-refractivity contribution < 1.29 is 9.90 Å². The third-order valence-corrected chi connectivity index (χ3v) is 5.36. The maximum Gasteiger partial charge on any atom is 0.303 e. The van der Waals surface area contributed by atoms with E-state index in [9.17, 15) is 4.79 Å². The number of carboxylic acids is 1. The summed E-state index contributed by atoms with van der Waals surface area (Å²) in [5.41, 5.74) is 5.86. The molecule has 1 atom stereocenters. The highest BCUT2D eigenvalue weighted by Crippen LogP contribution is 2.35. The SMILES string of the molecule is O=C(O)CCc1ccc2c(c1)[nH]c(=S)n2C1CCCc2ccccc21. The maximum absolute atomic E-state index is 10.8. The molecule has 0 radical (unpaired) electrons. The normalized spacial score (nSPS) is 16.7. The van der Waals surface area contributed by atoms with Crippen LogP contribution in [0.15, 0.2) is 42.5 Å². The number of aromatic nitrogens is 2. The summed E-state index contributed by atoms with van der Waals surface area (Å²) < 4.78 is 2.95.